The van der Waals surface area contributed by atoms with Gasteiger partial charge in [-0.05, 0) is 12.1 Å². The minimum Gasteiger partial charge on any atom is -0.496 e. The van der Waals surface area contributed by atoms with E-state index in [1.165, 1.54) is 25.0 Å². The number of carbonyl (C=O) groups excluding carboxylic acids is 2. The number of rotatable bonds is 11. The number of hydrogen-bond acceptors (Lipinski definition) is 6. The summed E-state index contributed by atoms with van der Waals surface area (Å²) < 4.78 is 15.3. The normalized spacial score (nSPS) is 9.92. The zero-order valence-corrected chi connectivity index (χ0v) is 14.9. The van der Waals surface area contributed by atoms with Crippen LogP contribution in [0.15, 0.2) is 30.9 Å². The van der Waals surface area contributed by atoms with Crippen LogP contribution in [0.4, 0.5) is 0 Å². The van der Waals surface area contributed by atoms with Crippen molar-refractivity contribution in [3.8, 4) is 11.5 Å². The SMILES string of the molecule is C=CCOC(=O)CCN(Cc1ccc(OCC(=O)O)cc1OC)C(C)=O. The lowest BCUT2D eigenvalue weighted by Gasteiger charge is -2.22. The fourth-order valence-electron chi connectivity index (χ4n) is 2.09. The maximum atomic E-state index is 11.8. The van der Waals surface area contributed by atoms with E-state index in [0.29, 0.717) is 17.1 Å². The second-order valence-corrected chi connectivity index (χ2v) is 5.32. The largest absolute Gasteiger partial charge is 0.496 e. The van der Waals surface area contributed by atoms with Gasteiger partial charge in [0.1, 0.15) is 18.1 Å². The zero-order chi connectivity index (χ0) is 19.5. The molecule has 0 saturated carbocycles. The Morgan fingerprint density at radius 2 is 2.04 bits per heavy atom. The number of carboxylic acid groups (broad SMARTS) is 1. The van der Waals surface area contributed by atoms with E-state index in [1.54, 1.807) is 18.2 Å². The highest BCUT2D eigenvalue weighted by molar-refractivity contribution is 5.75. The lowest BCUT2D eigenvalue weighted by molar-refractivity contribution is -0.143. The molecule has 0 unspecified atom stereocenters. The van der Waals surface area contributed by atoms with E-state index in [9.17, 15) is 14.4 Å². The summed E-state index contributed by atoms with van der Waals surface area (Å²) in [5, 5.41) is 8.65. The van der Waals surface area contributed by atoms with E-state index in [0.717, 1.165) is 0 Å². The number of ether oxygens (including phenoxy) is 3. The standard InChI is InChI=1S/C18H23NO7/c1-4-9-25-18(23)7-8-19(13(2)20)11-14-5-6-15(10-16(14)24-3)26-12-17(21)22/h4-6,10H,1,7-9,11-12H2,2-3H3,(H,21,22). The molecule has 0 heterocycles. The van der Waals surface area contributed by atoms with Gasteiger partial charge in [0.2, 0.25) is 5.91 Å². The molecule has 0 aliphatic heterocycles. The van der Waals surface area contributed by atoms with Crippen molar-refractivity contribution >= 4 is 17.8 Å². The molecule has 26 heavy (non-hydrogen) atoms. The van der Waals surface area contributed by atoms with Gasteiger partial charge in [0.25, 0.3) is 0 Å². The highest BCUT2D eigenvalue weighted by Crippen LogP contribution is 2.26. The van der Waals surface area contributed by atoms with Crippen molar-refractivity contribution in [2.24, 2.45) is 0 Å². The summed E-state index contributed by atoms with van der Waals surface area (Å²) in [5.74, 6) is -0.904. The molecule has 1 aromatic carbocycles. The van der Waals surface area contributed by atoms with Crippen LogP contribution in [0.1, 0.15) is 18.9 Å². The molecule has 0 bridgehead atoms. The molecule has 1 rings (SSSR count). The molecule has 1 aromatic rings. The molecule has 142 valence electrons. The molecule has 8 nitrogen and oxygen atoms in total. The average molecular weight is 365 g/mol. The van der Waals surface area contributed by atoms with Gasteiger partial charge in [-0.2, -0.15) is 0 Å². The number of carbonyl (C=O) groups is 3. The fourth-order valence-corrected chi connectivity index (χ4v) is 2.09. The number of carboxylic acids is 1. The van der Waals surface area contributed by atoms with Crippen LogP contribution in [0.5, 0.6) is 11.5 Å². The Kier molecular flexibility index (Phi) is 8.69. The fraction of sp³-hybridized carbons (Fsp3) is 0.389. The van der Waals surface area contributed by atoms with Gasteiger partial charge in [-0.1, -0.05) is 12.7 Å². The molecular weight excluding hydrogens is 342 g/mol. The van der Waals surface area contributed by atoms with Gasteiger partial charge in [0.15, 0.2) is 6.61 Å². The van der Waals surface area contributed by atoms with E-state index in [1.807, 2.05) is 0 Å². The minimum atomic E-state index is -1.08. The molecule has 0 atom stereocenters. The molecule has 0 saturated heterocycles. The second kappa shape index (κ2) is 10.8. The summed E-state index contributed by atoms with van der Waals surface area (Å²) in [6, 6.07) is 4.83. The van der Waals surface area contributed by atoms with Gasteiger partial charge in [0, 0.05) is 31.6 Å². The van der Waals surface area contributed by atoms with E-state index >= 15 is 0 Å². The molecule has 8 heteroatoms. The highest BCUT2D eigenvalue weighted by Gasteiger charge is 2.15. The van der Waals surface area contributed by atoms with Crippen molar-refractivity contribution in [2.45, 2.75) is 19.9 Å². The Bertz CT molecular complexity index is 657. The Hall–Kier alpha value is -3.03. The van der Waals surface area contributed by atoms with Crippen LogP contribution < -0.4 is 9.47 Å². The number of nitrogens with zero attached hydrogens (tertiary/aromatic N) is 1. The molecular formula is C18H23NO7. The summed E-state index contributed by atoms with van der Waals surface area (Å²) in [6.07, 6.45) is 1.54. The van der Waals surface area contributed by atoms with Crippen LogP contribution in [0, 0.1) is 0 Å². The second-order valence-electron chi connectivity index (χ2n) is 5.32. The van der Waals surface area contributed by atoms with E-state index in [-0.39, 0.29) is 32.0 Å². The van der Waals surface area contributed by atoms with Crippen LogP contribution in [-0.4, -0.2) is 54.7 Å². The number of esters is 1. The molecule has 0 aliphatic rings. The Labute approximate surface area is 152 Å². The molecule has 0 aromatic heterocycles. The summed E-state index contributed by atoms with van der Waals surface area (Å²) in [5.41, 5.74) is 0.699. The molecule has 0 spiro atoms. The van der Waals surface area contributed by atoms with Crippen molar-refractivity contribution in [1.29, 1.82) is 0 Å². The van der Waals surface area contributed by atoms with Gasteiger partial charge in [-0.25, -0.2) is 4.79 Å². The van der Waals surface area contributed by atoms with Crippen LogP contribution in [0.25, 0.3) is 0 Å². The van der Waals surface area contributed by atoms with E-state index in [2.05, 4.69) is 6.58 Å². The third-order valence-electron chi connectivity index (χ3n) is 3.38. The van der Waals surface area contributed by atoms with E-state index in [4.69, 9.17) is 19.3 Å². The first kappa shape index (κ1) is 21.0. The monoisotopic (exact) mass is 365 g/mol. The number of amides is 1. The summed E-state index contributed by atoms with van der Waals surface area (Å²) in [7, 11) is 1.46. The molecule has 1 N–H and O–H groups in total. The topological polar surface area (TPSA) is 102 Å². The first-order chi connectivity index (χ1) is 12.4. The van der Waals surface area contributed by atoms with Crippen molar-refractivity contribution in [1.82, 2.24) is 4.90 Å². The quantitative estimate of drug-likeness (QED) is 0.469. The predicted molar refractivity (Wildman–Crippen MR) is 93.0 cm³/mol. The van der Waals surface area contributed by atoms with Crippen molar-refractivity contribution in [3.63, 3.8) is 0 Å². The number of aliphatic carboxylic acids is 1. The van der Waals surface area contributed by atoms with Gasteiger partial charge in [-0.15, -0.1) is 0 Å². The van der Waals surface area contributed by atoms with Crippen LogP contribution in [0.3, 0.4) is 0 Å². The molecule has 1 amide bonds. The Morgan fingerprint density at radius 3 is 2.62 bits per heavy atom. The van der Waals surface area contributed by atoms with Crippen molar-refractivity contribution in [3.05, 3.63) is 36.4 Å². The maximum Gasteiger partial charge on any atom is 0.341 e. The summed E-state index contributed by atoms with van der Waals surface area (Å²) in [6.45, 7) is 4.97. The summed E-state index contributed by atoms with van der Waals surface area (Å²) in [4.78, 5) is 35.5. The smallest absolute Gasteiger partial charge is 0.341 e. The van der Waals surface area contributed by atoms with Gasteiger partial charge < -0.3 is 24.2 Å². The van der Waals surface area contributed by atoms with Crippen LogP contribution >= 0.6 is 0 Å². The molecule has 0 fully saturated rings. The number of methoxy groups -OCH3 is 1. The Morgan fingerprint density at radius 1 is 1.31 bits per heavy atom. The van der Waals surface area contributed by atoms with E-state index < -0.39 is 18.5 Å². The van der Waals surface area contributed by atoms with Gasteiger partial charge >= 0.3 is 11.9 Å². The van der Waals surface area contributed by atoms with Gasteiger partial charge in [0.05, 0.1) is 13.5 Å². The van der Waals surface area contributed by atoms with Crippen molar-refractivity contribution in [2.75, 3.05) is 26.9 Å². The van der Waals surface area contributed by atoms with Crippen LogP contribution in [-0.2, 0) is 25.7 Å². The minimum absolute atomic E-state index is 0.0650. The van der Waals surface area contributed by atoms with Crippen LogP contribution in [0.2, 0.25) is 0 Å². The first-order valence-electron chi connectivity index (χ1n) is 7.91. The maximum absolute atomic E-state index is 11.8. The number of hydrogen-bond donors (Lipinski definition) is 1. The molecule has 0 radical (unpaired) electrons. The average Bonchev–Trinajstić information content (AvgIpc) is 2.61. The lowest BCUT2D eigenvalue weighted by atomic mass is 10.1. The third-order valence-corrected chi connectivity index (χ3v) is 3.38. The lowest BCUT2D eigenvalue weighted by Crippen LogP contribution is -2.31. The predicted octanol–water partition coefficient (Wildman–Crippen LogP) is 1.63. The number of benzene rings is 1. The Balaban J connectivity index is 2.77. The highest BCUT2D eigenvalue weighted by atomic mass is 16.5. The molecule has 0 aliphatic carbocycles. The van der Waals surface area contributed by atoms with Crippen molar-refractivity contribution < 1.29 is 33.7 Å². The van der Waals surface area contributed by atoms with Gasteiger partial charge in [-0.3, -0.25) is 9.59 Å². The summed E-state index contributed by atoms with van der Waals surface area (Å²) >= 11 is 0. The first-order valence-corrected chi connectivity index (χ1v) is 7.91. The zero-order valence-electron chi connectivity index (χ0n) is 14.9. The third kappa shape index (κ3) is 7.25.